The van der Waals surface area contributed by atoms with E-state index in [4.69, 9.17) is 0 Å². The van der Waals surface area contributed by atoms with Crippen LogP contribution in [-0.2, 0) is 0 Å². The van der Waals surface area contributed by atoms with Gasteiger partial charge in [0.15, 0.2) is 0 Å². The number of alkyl halides is 2. The number of rotatable bonds is 3. The van der Waals surface area contributed by atoms with Gasteiger partial charge >= 0.3 is 0 Å². The molecule has 0 bridgehead atoms. The number of benzene rings is 1. The standard InChI is InChI=1S/C17H25F2N/c1-11-9-13(3)15(10-12(11)2)16(20-4)14-5-7-17(18,19)8-6-14/h9-10,14,16,20H,5-8H2,1-4H3. The van der Waals surface area contributed by atoms with Crippen LogP contribution in [0.15, 0.2) is 12.1 Å². The van der Waals surface area contributed by atoms with E-state index in [1.165, 1.54) is 22.3 Å². The number of hydrogen-bond acceptors (Lipinski definition) is 1. The number of nitrogens with one attached hydrogen (secondary N) is 1. The zero-order chi connectivity index (χ0) is 14.9. The second kappa shape index (κ2) is 5.80. The molecule has 20 heavy (non-hydrogen) atoms. The van der Waals surface area contributed by atoms with Crippen molar-refractivity contribution in [2.75, 3.05) is 7.05 Å². The van der Waals surface area contributed by atoms with Gasteiger partial charge < -0.3 is 5.32 Å². The van der Waals surface area contributed by atoms with Gasteiger partial charge in [0.25, 0.3) is 0 Å². The molecule has 0 aliphatic heterocycles. The highest BCUT2D eigenvalue weighted by Crippen LogP contribution is 2.42. The Labute approximate surface area is 120 Å². The minimum atomic E-state index is -2.45. The Bertz CT molecular complexity index is 472. The first-order valence-electron chi connectivity index (χ1n) is 7.47. The van der Waals surface area contributed by atoms with E-state index in [0.717, 1.165) is 0 Å². The van der Waals surface area contributed by atoms with Crippen molar-refractivity contribution in [3.63, 3.8) is 0 Å². The molecule has 0 spiro atoms. The summed E-state index contributed by atoms with van der Waals surface area (Å²) in [4.78, 5) is 0. The lowest BCUT2D eigenvalue weighted by Crippen LogP contribution is -2.33. The molecule has 112 valence electrons. The largest absolute Gasteiger partial charge is 0.313 e. The zero-order valence-corrected chi connectivity index (χ0v) is 12.9. The molecular formula is C17H25F2N. The molecule has 1 atom stereocenters. The van der Waals surface area contributed by atoms with Crippen molar-refractivity contribution in [2.45, 2.75) is 58.4 Å². The molecule has 1 aliphatic carbocycles. The SMILES string of the molecule is CNC(c1cc(C)c(C)cc1C)C1CCC(F)(F)CC1. The summed E-state index contributed by atoms with van der Waals surface area (Å²) in [6, 6.07) is 4.61. The van der Waals surface area contributed by atoms with E-state index in [-0.39, 0.29) is 18.9 Å². The van der Waals surface area contributed by atoms with Crippen molar-refractivity contribution in [3.8, 4) is 0 Å². The van der Waals surface area contributed by atoms with Crippen molar-refractivity contribution in [1.82, 2.24) is 5.32 Å². The first-order valence-corrected chi connectivity index (χ1v) is 7.47. The summed E-state index contributed by atoms with van der Waals surface area (Å²) in [5.74, 6) is -2.15. The smallest absolute Gasteiger partial charge is 0.248 e. The first kappa shape index (κ1) is 15.4. The van der Waals surface area contributed by atoms with Gasteiger partial charge in [0, 0.05) is 18.9 Å². The van der Waals surface area contributed by atoms with Crippen LogP contribution in [-0.4, -0.2) is 13.0 Å². The van der Waals surface area contributed by atoms with Crippen molar-refractivity contribution in [3.05, 3.63) is 34.4 Å². The van der Waals surface area contributed by atoms with Gasteiger partial charge in [-0.05, 0) is 68.8 Å². The molecule has 0 amide bonds. The maximum Gasteiger partial charge on any atom is 0.248 e. The quantitative estimate of drug-likeness (QED) is 0.847. The van der Waals surface area contributed by atoms with Gasteiger partial charge in [-0.1, -0.05) is 12.1 Å². The van der Waals surface area contributed by atoms with Crippen LogP contribution in [0.25, 0.3) is 0 Å². The molecule has 1 aliphatic rings. The summed E-state index contributed by atoms with van der Waals surface area (Å²) in [5.41, 5.74) is 5.08. The summed E-state index contributed by atoms with van der Waals surface area (Å²) in [5, 5.41) is 3.36. The van der Waals surface area contributed by atoms with E-state index in [9.17, 15) is 8.78 Å². The van der Waals surface area contributed by atoms with E-state index >= 15 is 0 Å². The molecule has 0 heterocycles. The Morgan fingerprint density at radius 2 is 1.60 bits per heavy atom. The fourth-order valence-electron chi connectivity index (χ4n) is 3.36. The Balaban J connectivity index is 2.23. The Morgan fingerprint density at radius 3 is 2.15 bits per heavy atom. The second-order valence-electron chi connectivity index (χ2n) is 6.25. The fraction of sp³-hybridized carbons (Fsp3) is 0.647. The average Bonchev–Trinajstić information content (AvgIpc) is 2.38. The minimum absolute atomic E-state index is 0.0275. The van der Waals surface area contributed by atoms with Gasteiger partial charge in [0.1, 0.15) is 0 Å². The highest BCUT2D eigenvalue weighted by Gasteiger charge is 2.37. The van der Waals surface area contributed by atoms with Crippen molar-refractivity contribution in [2.24, 2.45) is 5.92 Å². The summed E-state index contributed by atoms with van der Waals surface area (Å²) >= 11 is 0. The van der Waals surface area contributed by atoms with E-state index in [1.807, 2.05) is 7.05 Å². The van der Waals surface area contributed by atoms with Gasteiger partial charge in [-0.15, -0.1) is 0 Å². The van der Waals surface area contributed by atoms with Crippen molar-refractivity contribution < 1.29 is 8.78 Å². The molecule has 0 aromatic heterocycles. The maximum absolute atomic E-state index is 13.3. The van der Waals surface area contributed by atoms with E-state index in [1.54, 1.807) is 0 Å². The maximum atomic E-state index is 13.3. The zero-order valence-electron chi connectivity index (χ0n) is 12.9. The van der Waals surface area contributed by atoms with Gasteiger partial charge in [0.2, 0.25) is 5.92 Å². The predicted molar refractivity (Wildman–Crippen MR) is 79.4 cm³/mol. The van der Waals surface area contributed by atoms with Crippen molar-refractivity contribution in [1.29, 1.82) is 0 Å². The number of aryl methyl sites for hydroxylation is 3. The average molecular weight is 281 g/mol. The van der Waals surface area contributed by atoms with Gasteiger partial charge in [-0.3, -0.25) is 0 Å². The van der Waals surface area contributed by atoms with Crippen LogP contribution in [0.2, 0.25) is 0 Å². The summed E-state index contributed by atoms with van der Waals surface area (Å²) in [7, 11) is 1.94. The van der Waals surface area contributed by atoms with Crippen LogP contribution < -0.4 is 5.32 Å². The monoisotopic (exact) mass is 281 g/mol. The molecule has 1 unspecified atom stereocenters. The molecule has 3 heteroatoms. The summed E-state index contributed by atoms with van der Waals surface area (Å²) < 4.78 is 26.6. The second-order valence-corrected chi connectivity index (χ2v) is 6.25. The normalized spacial score (nSPS) is 20.9. The molecule has 1 nitrogen and oxygen atoms in total. The topological polar surface area (TPSA) is 12.0 Å². The summed E-state index contributed by atoms with van der Waals surface area (Å²) in [6.45, 7) is 6.34. The van der Waals surface area contributed by atoms with E-state index < -0.39 is 5.92 Å². The minimum Gasteiger partial charge on any atom is -0.313 e. The highest BCUT2D eigenvalue weighted by atomic mass is 19.3. The van der Waals surface area contributed by atoms with Crippen LogP contribution in [0.5, 0.6) is 0 Å². The van der Waals surface area contributed by atoms with Crippen LogP contribution in [0, 0.1) is 26.7 Å². The molecule has 1 fully saturated rings. The summed E-state index contributed by atoms with van der Waals surface area (Å²) in [6.07, 6.45) is 1.26. The van der Waals surface area contributed by atoms with Crippen LogP contribution in [0.1, 0.15) is 54.0 Å². The molecule has 0 radical (unpaired) electrons. The third-order valence-electron chi connectivity index (χ3n) is 4.76. The Hall–Kier alpha value is -0.960. The predicted octanol–water partition coefficient (Wildman–Crippen LogP) is 4.70. The molecule has 1 saturated carbocycles. The third-order valence-corrected chi connectivity index (χ3v) is 4.76. The molecule has 1 aromatic rings. The molecule has 0 saturated heterocycles. The first-order chi connectivity index (χ1) is 9.34. The lowest BCUT2D eigenvalue weighted by molar-refractivity contribution is -0.0495. The van der Waals surface area contributed by atoms with Crippen LogP contribution in [0.3, 0.4) is 0 Å². The number of hydrogen-bond donors (Lipinski definition) is 1. The third kappa shape index (κ3) is 3.20. The van der Waals surface area contributed by atoms with E-state index in [2.05, 4.69) is 38.2 Å². The van der Waals surface area contributed by atoms with Gasteiger partial charge in [-0.2, -0.15) is 0 Å². The van der Waals surface area contributed by atoms with Gasteiger partial charge in [-0.25, -0.2) is 8.78 Å². The van der Waals surface area contributed by atoms with Crippen molar-refractivity contribution >= 4 is 0 Å². The Morgan fingerprint density at radius 1 is 1.05 bits per heavy atom. The Kier molecular flexibility index (Phi) is 4.48. The molecule has 1 N–H and O–H groups in total. The lowest BCUT2D eigenvalue weighted by atomic mass is 9.78. The van der Waals surface area contributed by atoms with Crippen LogP contribution in [0.4, 0.5) is 8.78 Å². The van der Waals surface area contributed by atoms with Gasteiger partial charge in [0.05, 0.1) is 0 Å². The van der Waals surface area contributed by atoms with Crippen LogP contribution >= 0.6 is 0 Å². The fourth-order valence-corrected chi connectivity index (χ4v) is 3.36. The molecular weight excluding hydrogens is 256 g/mol. The molecule has 2 rings (SSSR count). The number of halogens is 2. The lowest BCUT2D eigenvalue weighted by Gasteiger charge is -2.34. The molecule has 1 aromatic carbocycles. The highest BCUT2D eigenvalue weighted by molar-refractivity contribution is 5.38. The van der Waals surface area contributed by atoms with E-state index in [0.29, 0.717) is 18.8 Å².